The maximum absolute atomic E-state index is 13.5. The van der Waals surface area contributed by atoms with Gasteiger partial charge in [0.25, 0.3) is 0 Å². The van der Waals surface area contributed by atoms with Crippen molar-refractivity contribution in [3.8, 4) is 0 Å². The zero-order valence-electron chi connectivity index (χ0n) is 18.2. The van der Waals surface area contributed by atoms with Crippen LogP contribution in [-0.2, 0) is 27.8 Å². The topological polar surface area (TPSA) is 69.7 Å². The molecule has 2 aromatic carbocycles. The monoisotopic (exact) mass is 465 g/mol. The fourth-order valence-electron chi connectivity index (χ4n) is 3.87. The normalized spacial score (nSPS) is 14.1. The lowest BCUT2D eigenvalue weighted by Gasteiger charge is -2.28. The number of sulfonamides is 1. The highest BCUT2D eigenvalue weighted by Crippen LogP contribution is 2.21. The summed E-state index contributed by atoms with van der Waals surface area (Å²) < 4.78 is 51.7. The number of rotatable bonds is 10. The molecule has 0 fully saturated rings. The van der Waals surface area contributed by atoms with E-state index in [-0.39, 0.29) is 31.0 Å². The number of nitrogens with zero attached hydrogens (tertiary/aromatic N) is 2. The zero-order valence-corrected chi connectivity index (χ0v) is 19.0. The van der Waals surface area contributed by atoms with E-state index in [1.807, 2.05) is 0 Å². The third-order valence-corrected chi connectivity index (χ3v) is 6.73. The molecule has 6 nitrogen and oxygen atoms in total. The minimum Gasteiger partial charge on any atom is -0.356 e. The summed E-state index contributed by atoms with van der Waals surface area (Å²) in [6.45, 7) is 3.39. The van der Waals surface area contributed by atoms with Crippen molar-refractivity contribution >= 4 is 21.6 Å². The van der Waals surface area contributed by atoms with E-state index in [0.29, 0.717) is 6.54 Å². The molecule has 0 unspecified atom stereocenters. The third kappa shape index (κ3) is 6.74. The van der Waals surface area contributed by atoms with E-state index in [1.54, 1.807) is 0 Å². The Labute approximate surface area is 188 Å². The van der Waals surface area contributed by atoms with E-state index in [4.69, 9.17) is 0 Å². The van der Waals surface area contributed by atoms with Crippen LogP contribution in [0, 0.1) is 11.6 Å². The molecule has 0 aromatic heterocycles. The summed E-state index contributed by atoms with van der Waals surface area (Å²) in [6, 6.07) is 11.4. The molecule has 1 aliphatic heterocycles. The third-order valence-electron chi connectivity index (χ3n) is 5.54. The van der Waals surface area contributed by atoms with E-state index >= 15 is 0 Å². The molecule has 0 spiro atoms. The van der Waals surface area contributed by atoms with E-state index < -0.39 is 21.7 Å². The van der Waals surface area contributed by atoms with Gasteiger partial charge in [-0.25, -0.2) is 17.2 Å². The lowest BCUT2D eigenvalue weighted by Crippen LogP contribution is -2.34. The molecule has 3 rings (SSSR count). The van der Waals surface area contributed by atoms with Gasteiger partial charge >= 0.3 is 0 Å². The van der Waals surface area contributed by atoms with Crippen LogP contribution in [0.5, 0.6) is 0 Å². The quantitative estimate of drug-likeness (QED) is 0.548. The molecule has 0 atom stereocenters. The summed E-state index contributed by atoms with van der Waals surface area (Å²) in [6.07, 6.45) is 3.27. The van der Waals surface area contributed by atoms with Crippen molar-refractivity contribution in [2.45, 2.75) is 32.2 Å². The van der Waals surface area contributed by atoms with Gasteiger partial charge in [-0.3, -0.25) is 14.0 Å². The Morgan fingerprint density at radius 3 is 2.56 bits per heavy atom. The van der Waals surface area contributed by atoms with Crippen LogP contribution in [0.2, 0.25) is 0 Å². The fraction of sp³-hybridized carbons (Fsp3) is 0.435. The highest BCUT2D eigenvalue weighted by atomic mass is 32.2. The number of anilines is 1. The Morgan fingerprint density at radius 2 is 1.84 bits per heavy atom. The lowest BCUT2D eigenvalue weighted by molar-refractivity contribution is -0.121. The van der Waals surface area contributed by atoms with E-state index in [9.17, 15) is 22.0 Å². The van der Waals surface area contributed by atoms with Crippen molar-refractivity contribution in [3.05, 3.63) is 65.2 Å². The SMILES string of the molecule is CS(=O)(=O)N(CCCC(=O)NCCCN1CCc2ccccc2C1)c1ccc(F)c(F)c1. The number of fused-ring (bicyclic) bond motifs is 1. The van der Waals surface area contributed by atoms with Gasteiger partial charge in [-0.15, -0.1) is 0 Å². The van der Waals surface area contributed by atoms with E-state index in [2.05, 4.69) is 34.5 Å². The molecular weight excluding hydrogens is 436 g/mol. The van der Waals surface area contributed by atoms with Crippen LogP contribution in [0.15, 0.2) is 42.5 Å². The maximum atomic E-state index is 13.5. The van der Waals surface area contributed by atoms with Crippen LogP contribution in [0.25, 0.3) is 0 Å². The van der Waals surface area contributed by atoms with Gasteiger partial charge in [0.15, 0.2) is 11.6 Å². The summed E-state index contributed by atoms with van der Waals surface area (Å²) in [7, 11) is -3.69. The molecule has 0 bridgehead atoms. The summed E-state index contributed by atoms with van der Waals surface area (Å²) in [5, 5.41) is 2.87. The van der Waals surface area contributed by atoms with Crippen molar-refractivity contribution in [3.63, 3.8) is 0 Å². The van der Waals surface area contributed by atoms with Crippen LogP contribution in [-0.4, -0.2) is 51.7 Å². The molecule has 0 aliphatic carbocycles. The molecule has 0 radical (unpaired) electrons. The second-order valence-corrected chi connectivity index (χ2v) is 9.94. The first-order chi connectivity index (χ1) is 15.2. The highest BCUT2D eigenvalue weighted by molar-refractivity contribution is 7.92. The van der Waals surface area contributed by atoms with Crippen LogP contribution in [0.3, 0.4) is 0 Å². The minimum atomic E-state index is -3.69. The predicted molar refractivity (Wildman–Crippen MR) is 121 cm³/mol. The van der Waals surface area contributed by atoms with Gasteiger partial charge < -0.3 is 5.32 Å². The van der Waals surface area contributed by atoms with Crippen molar-refractivity contribution in [1.82, 2.24) is 10.2 Å². The number of hydrogen-bond donors (Lipinski definition) is 1. The first-order valence-electron chi connectivity index (χ1n) is 10.7. The number of amides is 1. The molecule has 1 aliphatic rings. The van der Waals surface area contributed by atoms with E-state index in [0.717, 1.165) is 55.2 Å². The largest absolute Gasteiger partial charge is 0.356 e. The Balaban J connectivity index is 1.38. The highest BCUT2D eigenvalue weighted by Gasteiger charge is 2.19. The van der Waals surface area contributed by atoms with Gasteiger partial charge in [-0.05, 0) is 42.5 Å². The second-order valence-electron chi connectivity index (χ2n) is 8.04. The number of carbonyl (C=O) groups excluding carboxylic acids is 1. The van der Waals surface area contributed by atoms with Gasteiger partial charge in [-0.2, -0.15) is 0 Å². The van der Waals surface area contributed by atoms with Crippen LogP contribution >= 0.6 is 0 Å². The summed E-state index contributed by atoms with van der Waals surface area (Å²) in [5.41, 5.74) is 2.80. The second kappa shape index (κ2) is 10.9. The summed E-state index contributed by atoms with van der Waals surface area (Å²) in [5.74, 6) is -2.32. The smallest absolute Gasteiger partial charge is 0.232 e. The molecule has 32 heavy (non-hydrogen) atoms. The average molecular weight is 466 g/mol. The molecule has 174 valence electrons. The molecule has 1 N–H and O–H groups in total. The Bertz CT molecular complexity index is 1050. The molecule has 1 amide bonds. The summed E-state index contributed by atoms with van der Waals surface area (Å²) in [4.78, 5) is 14.5. The number of halogens is 2. The molecule has 0 saturated carbocycles. The Kier molecular flexibility index (Phi) is 8.20. The first kappa shape index (κ1) is 24.1. The van der Waals surface area contributed by atoms with Crippen molar-refractivity contribution in [2.24, 2.45) is 0 Å². The van der Waals surface area contributed by atoms with E-state index in [1.165, 1.54) is 17.2 Å². The van der Waals surface area contributed by atoms with Crippen LogP contribution in [0.1, 0.15) is 30.4 Å². The predicted octanol–water partition coefficient (Wildman–Crippen LogP) is 3.08. The molecular formula is C23H29F2N3O3S. The number of carbonyl (C=O) groups is 1. The first-order valence-corrected chi connectivity index (χ1v) is 12.6. The molecule has 9 heteroatoms. The zero-order chi connectivity index (χ0) is 23.1. The van der Waals surface area contributed by atoms with Crippen molar-refractivity contribution in [2.75, 3.05) is 36.7 Å². The van der Waals surface area contributed by atoms with Gasteiger partial charge in [0, 0.05) is 45.2 Å². The van der Waals surface area contributed by atoms with Gasteiger partial charge in [0.05, 0.1) is 11.9 Å². The molecule has 2 aromatic rings. The lowest BCUT2D eigenvalue weighted by atomic mass is 10.00. The van der Waals surface area contributed by atoms with Crippen molar-refractivity contribution in [1.29, 1.82) is 0 Å². The average Bonchev–Trinajstić information content (AvgIpc) is 2.75. The van der Waals surface area contributed by atoms with Crippen molar-refractivity contribution < 1.29 is 22.0 Å². The number of nitrogens with one attached hydrogen (secondary N) is 1. The molecule has 1 heterocycles. The number of hydrogen-bond acceptors (Lipinski definition) is 4. The standard InChI is InChI=1S/C23H29F2N3O3S/c1-32(30,31)28(20-9-10-21(24)22(25)16-20)14-4-8-23(29)26-12-5-13-27-15-11-18-6-2-3-7-19(18)17-27/h2-3,6-7,9-10,16H,4-5,8,11-15,17H2,1H3,(H,26,29). The van der Waals surface area contributed by atoms with Gasteiger partial charge in [-0.1, -0.05) is 24.3 Å². The van der Waals surface area contributed by atoms with Crippen LogP contribution < -0.4 is 9.62 Å². The van der Waals surface area contributed by atoms with Crippen LogP contribution in [0.4, 0.5) is 14.5 Å². The maximum Gasteiger partial charge on any atom is 0.232 e. The number of benzene rings is 2. The van der Waals surface area contributed by atoms with Gasteiger partial charge in [0.2, 0.25) is 15.9 Å². The minimum absolute atomic E-state index is 0.00448. The Hall–Kier alpha value is -2.52. The summed E-state index contributed by atoms with van der Waals surface area (Å²) >= 11 is 0. The fourth-order valence-corrected chi connectivity index (χ4v) is 4.83. The Morgan fingerprint density at radius 1 is 1.09 bits per heavy atom. The molecule has 0 saturated heterocycles. The van der Waals surface area contributed by atoms with Gasteiger partial charge in [0.1, 0.15) is 0 Å².